The van der Waals surface area contributed by atoms with Crippen LogP contribution in [0.1, 0.15) is 49.0 Å². The lowest BCUT2D eigenvalue weighted by atomic mass is 10.1. The lowest BCUT2D eigenvalue weighted by molar-refractivity contribution is -0.120. The molecule has 0 atom stereocenters. The van der Waals surface area contributed by atoms with Gasteiger partial charge >= 0.3 is 5.97 Å². The second-order valence-corrected chi connectivity index (χ2v) is 7.62. The fourth-order valence-corrected chi connectivity index (χ4v) is 3.36. The van der Waals surface area contributed by atoms with Crippen LogP contribution in [0.25, 0.3) is 0 Å². The molecular weight excluding hydrogens is 416 g/mol. The number of rotatable bonds is 9. The van der Waals surface area contributed by atoms with E-state index in [0.717, 1.165) is 36.1 Å². The van der Waals surface area contributed by atoms with Crippen molar-refractivity contribution < 1.29 is 19.1 Å². The Morgan fingerprint density at radius 1 is 0.968 bits per heavy atom. The van der Waals surface area contributed by atoms with Gasteiger partial charge in [0.05, 0.1) is 17.9 Å². The maximum absolute atomic E-state index is 12.9. The van der Waals surface area contributed by atoms with Crippen molar-refractivity contribution in [1.82, 2.24) is 0 Å². The number of carbonyl (C=O) groups is 3. The zero-order valence-corrected chi connectivity index (χ0v) is 18.4. The van der Waals surface area contributed by atoms with E-state index in [9.17, 15) is 14.4 Å². The minimum atomic E-state index is -0.574. The van der Waals surface area contributed by atoms with Crippen LogP contribution in [0.3, 0.4) is 0 Å². The molecule has 1 aliphatic rings. The van der Waals surface area contributed by atoms with Crippen molar-refractivity contribution in [2.24, 2.45) is 0 Å². The van der Waals surface area contributed by atoms with Gasteiger partial charge in [0.15, 0.2) is 0 Å². The van der Waals surface area contributed by atoms with Gasteiger partial charge in [-0.15, -0.1) is 0 Å². The third-order valence-corrected chi connectivity index (χ3v) is 5.22. The van der Waals surface area contributed by atoms with Crippen molar-refractivity contribution in [2.75, 3.05) is 16.8 Å². The first kappa shape index (κ1) is 22.6. The Morgan fingerprint density at radius 2 is 1.65 bits per heavy atom. The van der Waals surface area contributed by atoms with Crippen molar-refractivity contribution in [3.05, 3.63) is 70.4 Å². The maximum Gasteiger partial charge on any atom is 0.338 e. The van der Waals surface area contributed by atoms with E-state index >= 15 is 0 Å². The molecule has 0 aromatic heterocycles. The number of nitrogens with one attached hydrogen (secondary N) is 1. The summed E-state index contributed by atoms with van der Waals surface area (Å²) in [5.74, 6) is -1.51. The van der Waals surface area contributed by atoms with E-state index in [1.807, 2.05) is 19.1 Å². The number of aryl methyl sites for hydroxylation is 1. The normalized spacial score (nSPS) is 13.7. The molecule has 1 heterocycles. The number of anilines is 2. The summed E-state index contributed by atoms with van der Waals surface area (Å²) >= 11 is 6.19. The summed E-state index contributed by atoms with van der Waals surface area (Å²) in [6.45, 7) is 4.40. The quantitative estimate of drug-likeness (QED) is 0.437. The first-order valence-corrected chi connectivity index (χ1v) is 10.8. The summed E-state index contributed by atoms with van der Waals surface area (Å²) in [4.78, 5) is 38.5. The van der Waals surface area contributed by atoms with Crippen molar-refractivity contribution in [1.29, 1.82) is 0 Å². The second-order valence-electron chi connectivity index (χ2n) is 7.24. The molecule has 2 aromatic carbocycles. The summed E-state index contributed by atoms with van der Waals surface area (Å²) in [6.07, 6.45) is 3.87. The third kappa shape index (κ3) is 5.14. The number of nitrogens with zero attached hydrogens (tertiary/aromatic N) is 1. The highest BCUT2D eigenvalue weighted by atomic mass is 35.5. The number of hydrogen-bond donors (Lipinski definition) is 1. The van der Waals surface area contributed by atoms with E-state index in [0.29, 0.717) is 23.5 Å². The highest BCUT2D eigenvalue weighted by Gasteiger charge is 2.38. The zero-order valence-electron chi connectivity index (χ0n) is 17.6. The number of imide groups is 1. The van der Waals surface area contributed by atoms with Gasteiger partial charge in [0.25, 0.3) is 11.8 Å². The van der Waals surface area contributed by atoms with Crippen molar-refractivity contribution in [3.63, 3.8) is 0 Å². The van der Waals surface area contributed by atoms with E-state index in [1.54, 1.807) is 36.4 Å². The highest BCUT2D eigenvalue weighted by Crippen LogP contribution is 2.30. The first-order valence-electron chi connectivity index (χ1n) is 10.4. The van der Waals surface area contributed by atoms with Gasteiger partial charge in [0.2, 0.25) is 0 Å². The summed E-state index contributed by atoms with van der Waals surface area (Å²) in [6, 6.07) is 13.8. The number of unbranched alkanes of at least 4 members (excludes halogenated alkanes) is 1. The minimum absolute atomic E-state index is 0.00281. The van der Waals surface area contributed by atoms with Crippen LogP contribution in [-0.4, -0.2) is 24.4 Å². The number of carbonyl (C=O) groups excluding carboxylic acids is 3. The molecule has 3 rings (SSSR count). The molecule has 0 spiro atoms. The molecule has 0 fully saturated rings. The largest absolute Gasteiger partial charge is 0.462 e. The molecular formula is C24H25ClN2O4. The van der Waals surface area contributed by atoms with Crippen LogP contribution < -0.4 is 10.2 Å². The molecule has 0 unspecified atom stereocenters. The second kappa shape index (κ2) is 10.3. The fourth-order valence-electron chi connectivity index (χ4n) is 3.15. The number of halogens is 1. The lowest BCUT2D eigenvalue weighted by Crippen LogP contribution is -2.32. The molecule has 2 aromatic rings. The standard InChI is InChI=1S/C24H25ClN2O4/c1-3-5-6-16-7-13-19(14-8-16)27-22(28)20(25)21(23(27)29)26-18-11-9-17(10-12-18)24(30)31-15-4-2/h7-14,26H,3-6,15H2,1-2H3. The van der Waals surface area contributed by atoms with Crippen LogP contribution >= 0.6 is 11.6 Å². The van der Waals surface area contributed by atoms with Gasteiger partial charge in [0.1, 0.15) is 10.7 Å². The minimum Gasteiger partial charge on any atom is -0.462 e. The zero-order chi connectivity index (χ0) is 22.4. The van der Waals surface area contributed by atoms with Crippen molar-refractivity contribution in [3.8, 4) is 0 Å². The highest BCUT2D eigenvalue weighted by molar-refractivity contribution is 6.53. The van der Waals surface area contributed by atoms with E-state index < -0.39 is 17.8 Å². The molecule has 0 radical (unpaired) electrons. The Hall–Kier alpha value is -3.12. The molecule has 6 nitrogen and oxygen atoms in total. The van der Waals surface area contributed by atoms with E-state index in [-0.39, 0.29) is 10.7 Å². The third-order valence-electron chi connectivity index (χ3n) is 4.87. The lowest BCUT2D eigenvalue weighted by Gasteiger charge is -2.15. The molecule has 1 N–H and O–H groups in total. The topological polar surface area (TPSA) is 75.7 Å². The first-order chi connectivity index (χ1) is 15.0. The van der Waals surface area contributed by atoms with Crippen LogP contribution in [0.5, 0.6) is 0 Å². The van der Waals surface area contributed by atoms with E-state index in [1.165, 1.54) is 0 Å². The average molecular weight is 441 g/mol. The molecule has 0 bridgehead atoms. The molecule has 0 saturated carbocycles. The molecule has 7 heteroatoms. The number of amides is 2. The van der Waals surface area contributed by atoms with Crippen LogP contribution in [0.15, 0.2) is 59.3 Å². The average Bonchev–Trinajstić information content (AvgIpc) is 3.00. The van der Waals surface area contributed by atoms with Crippen LogP contribution in [0.2, 0.25) is 0 Å². The number of ether oxygens (including phenoxy) is 1. The smallest absolute Gasteiger partial charge is 0.338 e. The van der Waals surface area contributed by atoms with Gasteiger partial charge in [-0.2, -0.15) is 0 Å². The predicted octanol–water partition coefficient (Wildman–Crippen LogP) is 5.03. The summed E-state index contributed by atoms with van der Waals surface area (Å²) in [5, 5.41) is 2.73. The van der Waals surface area contributed by atoms with Crippen LogP contribution in [0, 0.1) is 0 Å². The van der Waals surface area contributed by atoms with E-state index in [4.69, 9.17) is 16.3 Å². The van der Waals surface area contributed by atoms with Gasteiger partial charge in [0, 0.05) is 5.69 Å². The molecule has 1 aliphatic heterocycles. The van der Waals surface area contributed by atoms with Gasteiger partial charge in [-0.1, -0.05) is 44.0 Å². The van der Waals surface area contributed by atoms with Gasteiger partial charge in [-0.3, -0.25) is 9.59 Å². The van der Waals surface area contributed by atoms with Crippen molar-refractivity contribution >= 4 is 40.8 Å². The predicted molar refractivity (Wildman–Crippen MR) is 121 cm³/mol. The summed E-state index contributed by atoms with van der Waals surface area (Å²) in [7, 11) is 0. The SMILES string of the molecule is CCCCc1ccc(N2C(=O)C(Cl)=C(Nc3ccc(C(=O)OCCC)cc3)C2=O)cc1. The summed E-state index contributed by atoms with van der Waals surface area (Å²) in [5.41, 5.74) is 2.55. The van der Waals surface area contributed by atoms with Gasteiger partial charge in [-0.05, 0) is 61.2 Å². The Morgan fingerprint density at radius 3 is 2.26 bits per heavy atom. The molecule has 2 amide bonds. The van der Waals surface area contributed by atoms with E-state index in [2.05, 4.69) is 12.2 Å². The number of hydrogen-bond acceptors (Lipinski definition) is 5. The van der Waals surface area contributed by atoms with Crippen molar-refractivity contribution in [2.45, 2.75) is 39.5 Å². The molecule has 0 saturated heterocycles. The Balaban J connectivity index is 1.72. The molecule has 0 aliphatic carbocycles. The Kier molecular flexibility index (Phi) is 7.47. The Bertz CT molecular complexity index is 997. The van der Waals surface area contributed by atoms with Crippen LogP contribution in [0.4, 0.5) is 11.4 Å². The fraction of sp³-hybridized carbons (Fsp3) is 0.292. The van der Waals surface area contributed by atoms with Crippen LogP contribution in [-0.2, 0) is 20.7 Å². The molecule has 31 heavy (non-hydrogen) atoms. The van der Waals surface area contributed by atoms with Gasteiger partial charge < -0.3 is 10.1 Å². The molecule has 162 valence electrons. The monoisotopic (exact) mass is 440 g/mol. The maximum atomic E-state index is 12.9. The Labute approximate surface area is 186 Å². The number of esters is 1. The number of benzene rings is 2. The van der Waals surface area contributed by atoms with Gasteiger partial charge in [-0.25, -0.2) is 9.69 Å². The summed E-state index contributed by atoms with van der Waals surface area (Å²) < 4.78 is 5.10.